The molecular weight excluding hydrogens is 210 g/mol. The maximum atomic E-state index is 8.68. The van der Waals surface area contributed by atoms with E-state index in [1.54, 1.807) is 12.3 Å². The first-order valence-corrected chi connectivity index (χ1v) is 6.47. The van der Waals surface area contributed by atoms with Crippen LogP contribution in [0.4, 0.5) is 5.69 Å². The van der Waals surface area contributed by atoms with Gasteiger partial charge in [0.1, 0.15) is 11.8 Å². The molecule has 0 aromatic carbocycles. The van der Waals surface area contributed by atoms with Crippen LogP contribution in [0.5, 0.6) is 0 Å². The maximum absolute atomic E-state index is 8.68. The lowest BCUT2D eigenvalue weighted by Gasteiger charge is -2.16. The van der Waals surface area contributed by atoms with Gasteiger partial charge in [0.2, 0.25) is 0 Å². The third-order valence-electron chi connectivity index (χ3n) is 3.87. The van der Waals surface area contributed by atoms with Gasteiger partial charge in [0, 0.05) is 6.54 Å². The summed E-state index contributed by atoms with van der Waals surface area (Å²) in [5, 5.41) is 12.1. The Kier molecular flexibility index (Phi) is 2.72. The van der Waals surface area contributed by atoms with Crippen molar-refractivity contribution in [3.8, 4) is 6.07 Å². The smallest absolute Gasteiger partial charge is 0.140 e. The minimum Gasteiger partial charge on any atom is -0.384 e. The van der Waals surface area contributed by atoms with Gasteiger partial charge in [-0.1, -0.05) is 0 Å². The molecular formula is C14H17N3. The molecule has 0 radical (unpaired) electrons. The van der Waals surface area contributed by atoms with E-state index in [1.807, 2.05) is 12.1 Å². The van der Waals surface area contributed by atoms with Crippen LogP contribution < -0.4 is 5.32 Å². The number of pyridine rings is 1. The number of nitrogens with zero attached hydrogens (tertiary/aromatic N) is 2. The summed E-state index contributed by atoms with van der Waals surface area (Å²) >= 11 is 0. The summed E-state index contributed by atoms with van der Waals surface area (Å²) in [6.07, 6.45) is 7.46. The van der Waals surface area contributed by atoms with Crippen molar-refractivity contribution in [3.05, 3.63) is 24.0 Å². The van der Waals surface area contributed by atoms with Crippen molar-refractivity contribution >= 4 is 5.69 Å². The molecule has 0 unspecified atom stereocenters. The second-order valence-corrected chi connectivity index (χ2v) is 5.26. The highest BCUT2D eigenvalue weighted by molar-refractivity contribution is 5.42. The van der Waals surface area contributed by atoms with Crippen molar-refractivity contribution in [3.63, 3.8) is 0 Å². The Hall–Kier alpha value is -1.56. The average molecular weight is 227 g/mol. The highest BCUT2D eigenvalue weighted by atomic mass is 14.9. The van der Waals surface area contributed by atoms with Crippen molar-refractivity contribution in [2.75, 3.05) is 11.9 Å². The molecule has 2 aliphatic rings. The van der Waals surface area contributed by atoms with Gasteiger partial charge in [-0.05, 0) is 55.6 Å². The van der Waals surface area contributed by atoms with Crippen LogP contribution in [0, 0.1) is 29.1 Å². The van der Waals surface area contributed by atoms with Crippen LogP contribution in [-0.2, 0) is 0 Å². The Balaban J connectivity index is 1.56. The highest BCUT2D eigenvalue weighted by Crippen LogP contribution is 2.49. The summed E-state index contributed by atoms with van der Waals surface area (Å²) < 4.78 is 0. The summed E-state index contributed by atoms with van der Waals surface area (Å²) in [6.45, 7) is 1.07. The fourth-order valence-corrected chi connectivity index (χ4v) is 2.57. The molecule has 1 heterocycles. The quantitative estimate of drug-likeness (QED) is 0.841. The normalized spacial score (nSPS) is 19.1. The zero-order valence-corrected chi connectivity index (χ0v) is 9.89. The molecule has 17 heavy (non-hydrogen) atoms. The summed E-state index contributed by atoms with van der Waals surface area (Å²) in [5.41, 5.74) is 1.52. The number of aromatic nitrogens is 1. The molecule has 2 fully saturated rings. The molecule has 3 nitrogen and oxygen atoms in total. The molecule has 1 N–H and O–H groups in total. The zero-order valence-electron chi connectivity index (χ0n) is 9.89. The van der Waals surface area contributed by atoms with Crippen molar-refractivity contribution in [2.24, 2.45) is 17.8 Å². The van der Waals surface area contributed by atoms with E-state index in [1.165, 1.54) is 25.7 Å². The summed E-state index contributed by atoms with van der Waals surface area (Å²) in [4.78, 5) is 4.07. The maximum Gasteiger partial charge on any atom is 0.140 e. The average Bonchev–Trinajstić information content (AvgIpc) is 3.24. The molecule has 0 aliphatic heterocycles. The lowest BCUT2D eigenvalue weighted by Crippen LogP contribution is -2.18. The molecule has 2 saturated carbocycles. The van der Waals surface area contributed by atoms with E-state index in [0.717, 1.165) is 30.0 Å². The standard InChI is InChI=1S/C14H17N3/c15-7-12-5-6-13(8-16-12)17-9-14(10-1-2-10)11-3-4-11/h5-6,8,10-11,14,17H,1-4,9H2. The first-order chi connectivity index (χ1) is 8.36. The third-order valence-corrected chi connectivity index (χ3v) is 3.87. The van der Waals surface area contributed by atoms with Crippen LogP contribution in [0.1, 0.15) is 31.4 Å². The molecule has 3 heteroatoms. The molecule has 0 saturated heterocycles. The fourth-order valence-electron chi connectivity index (χ4n) is 2.57. The molecule has 1 aromatic rings. The van der Waals surface area contributed by atoms with Crippen molar-refractivity contribution in [1.29, 1.82) is 5.26 Å². The molecule has 88 valence electrons. The van der Waals surface area contributed by atoms with E-state index in [4.69, 9.17) is 5.26 Å². The Labute approximate surface area is 102 Å². The van der Waals surface area contributed by atoms with E-state index in [2.05, 4.69) is 10.3 Å². The number of hydrogen-bond donors (Lipinski definition) is 1. The van der Waals surface area contributed by atoms with Crippen LogP contribution in [0.25, 0.3) is 0 Å². The van der Waals surface area contributed by atoms with Crippen LogP contribution in [0.15, 0.2) is 18.3 Å². The fraction of sp³-hybridized carbons (Fsp3) is 0.571. The monoisotopic (exact) mass is 227 g/mol. The Morgan fingerprint density at radius 3 is 2.47 bits per heavy atom. The zero-order chi connectivity index (χ0) is 11.7. The van der Waals surface area contributed by atoms with Gasteiger partial charge in [-0.25, -0.2) is 4.98 Å². The number of nitrogens with one attached hydrogen (secondary N) is 1. The molecule has 1 aromatic heterocycles. The molecule has 3 rings (SSSR count). The largest absolute Gasteiger partial charge is 0.384 e. The Morgan fingerprint density at radius 1 is 1.29 bits per heavy atom. The molecule has 0 amide bonds. The van der Waals surface area contributed by atoms with Gasteiger partial charge < -0.3 is 5.32 Å². The SMILES string of the molecule is N#Cc1ccc(NCC(C2CC2)C2CC2)cn1. The van der Waals surface area contributed by atoms with Crippen LogP contribution in [0.2, 0.25) is 0 Å². The Bertz CT molecular complexity index is 412. The van der Waals surface area contributed by atoms with E-state index >= 15 is 0 Å². The first-order valence-electron chi connectivity index (χ1n) is 6.47. The van der Waals surface area contributed by atoms with Crippen LogP contribution >= 0.6 is 0 Å². The highest BCUT2D eigenvalue weighted by Gasteiger charge is 2.40. The van der Waals surface area contributed by atoms with Crippen molar-refractivity contribution in [2.45, 2.75) is 25.7 Å². The van der Waals surface area contributed by atoms with Gasteiger partial charge in [0.15, 0.2) is 0 Å². The van der Waals surface area contributed by atoms with E-state index in [0.29, 0.717) is 5.69 Å². The van der Waals surface area contributed by atoms with Gasteiger partial charge in [-0.3, -0.25) is 0 Å². The molecule has 0 atom stereocenters. The summed E-state index contributed by atoms with van der Waals surface area (Å²) in [7, 11) is 0. The number of nitriles is 1. The van der Waals surface area contributed by atoms with Gasteiger partial charge in [-0.2, -0.15) is 5.26 Å². The predicted octanol–water partition coefficient (Wildman–Crippen LogP) is 2.80. The predicted molar refractivity (Wildman–Crippen MR) is 66.4 cm³/mol. The van der Waals surface area contributed by atoms with E-state index < -0.39 is 0 Å². The second kappa shape index (κ2) is 4.37. The van der Waals surface area contributed by atoms with Gasteiger partial charge in [0.25, 0.3) is 0 Å². The molecule has 2 aliphatic carbocycles. The second-order valence-electron chi connectivity index (χ2n) is 5.26. The minimum atomic E-state index is 0.483. The number of rotatable bonds is 5. The van der Waals surface area contributed by atoms with Gasteiger partial charge >= 0.3 is 0 Å². The minimum absolute atomic E-state index is 0.483. The molecule has 0 spiro atoms. The van der Waals surface area contributed by atoms with Crippen LogP contribution in [-0.4, -0.2) is 11.5 Å². The first kappa shape index (κ1) is 10.6. The van der Waals surface area contributed by atoms with Gasteiger partial charge in [0.05, 0.1) is 11.9 Å². The third kappa shape index (κ3) is 2.58. The molecule has 0 bridgehead atoms. The van der Waals surface area contributed by atoms with E-state index in [9.17, 15) is 0 Å². The number of anilines is 1. The summed E-state index contributed by atoms with van der Waals surface area (Å²) in [5.74, 6) is 2.81. The summed E-state index contributed by atoms with van der Waals surface area (Å²) in [6, 6.07) is 5.75. The lowest BCUT2D eigenvalue weighted by molar-refractivity contribution is 0.428. The number of hydrogen-bond acceptors (Lipinski definition) is 3. The Morgan fingerprint density at radius 2 is 2.00 bits per heavy atom. The van der Waals surface area contributed by atoms with Crippen molar-refractivity contribution < 1.29 is 0 Å². The topological polar surface area (TPSA) is 48.7 Å². The van der Waals surface area contributed by atoms with Crippen molar-refractivity contribution in [1.82, 2.24) is 4.98 Å². The lowest BCUT2D eigenvalue weighted by atomic mass is 9.98. The van der Waals surface area contributed by atoms with Gasteiger partial charge in [-0.15, -0.1) is 0 Å². The van der Waals surface area contributed by atoms with Crippen LogP contribution in [0.3, 0.4) is 0 Å². The van der Waals surface area contributed by atoms with E-state index in [-0.39, 0.29) is 0 Å².